The SMILES string of the molecule is COc1ccc(C(O[C@@H]2CO[C@H](n3ccc(NC(=O)c4ccccc4)nc3=O)[C@H]2O)(c2ccccc2)c2ccc(OC)cc2)cc1. The number of carbonyl (C=O) groups excluding carboxylic acids is 1. The van der Waals surface area contributed by atoms with Gasteiger partial charge >= 0.3 is 5.69 Å². The number of benzene rings is 4. The number of hydrogen-bond acceptors (Lipinski definition) is 8. The Hall–Kier alpha value is -5.29. The molecular weight excluding hydrogens is 586 g/mol. The minimum atomic E-state index is -1.25. The fraction of sp³-hybridized carbons (Fsp3) is 0.194. The Morgan fingerprint density at radius 1 is 0.826 bits per heavy atom. The molecule has 10 nitrogen and oxygen atoms in total. The Bertz CT molecular complexity index is 1780. The van der Waals surface area contributed by atoms with E-state index >= 15 is 0 Å². The molecule has 1 aromatic heterocycles. The number of ether oxygens (including phenoxy) is 4. The number of nitrogens with zero attached hydrogens (tertiary/aromatic N) is 2. The number of aliphatic hydroxyl groups excluding tert-OH is 1. The second-order valence-electron chi connectivity index (χ2n) is 10.7. The fourth-order valence-electron chi connectivity index (χ4n) is 5.63. The van der Waals surface area contributed by atoms with Crippen LogP contribution in [0.5, 0.6) is 11.5 Å². The summed E-state index contributed by atoms with van der Waals surface area (Å²) in [6.45, 7) is -0.00827. The van der Waals surface area contributed by atoms with E-state index in [0.717, 1.165) is 16.7 Å². The molecular formula is C36H33N3O7. The highest BCUT2D eigenvalue weighted by Gasteiger charge is 2.46. The highest BCUT2D eigenvalue weighted by molar-refractivity contribution is 6.03. The van der Waals surface area contributed by atoms with Crippen LogP contribution in [0, 0.1) is 0 Å². The largest absolute Gasteiger partial charge is 0.497 e. The summed E-state index contributed by atoms with van der Waals surface area (Å²) in [5.74, 6) is 1.04. The summed E-state index contributed by atoms with van der Waals surface area (Å²) in [6.07, 6.45) is -1.75. The molecule has 46 heavy (non-hydrogen) atoms. The molecule has 0 unspecified atom stereocenters. The summed E-state index contributed by atoms with van der Waals surface area (Å²) in [4.78, 5) is 29.7. The molecule has 1 amide bonds. The molecule has 234 valence electrons. The van der Waals surface area contributed by atoms with Crippen LogP contribution in [0.25, 0.3) is 0 Å². The minimum Gasteiger partial charge on any atom is -0.497 e. The van der Waals surface area contributed by atoms with Gasteiger partial charge in [-0.1, -0.05) is 72.8 Å². The van der Waals surface area contributed by atoms with Crippen molar-refractivity contribution in [3.8, 4) is 11.5 Å². The van der Waals surface area contributed by atoms with Crippen molar-refractivity contribution in [2.45, 2.75) is 24.0 Å². The Balaban J connectivity index is 1.33. The first-order valence-corrected chi connectivity index (χ1v) is 14.7. The van der Waals surface area contributed by atoms with Gasteiger partial charge in [-0.2, -0.15) is 4.98 Å². The van der Waals surface area contributed by atoms with Gasteiger partial charge in [0.15, 0.2) is 6.23 Å². The van der Waals surface area contributed by atoms with Gasteiger partial charge in [-0.05, 0) is 59.2 Å². The molecule has 0 radical (unpaired) electrons. The van der Waals surface area contributed by atoms with E-state index in [0.29, 0.717) is 17.1 Å². The first-order chi connectivity index (χ1) is 22.4. The van der Waals surface area contributed by atoms with E-state index in [-0.39, 0.29) is 12.4 Å². The van der Waals surface area contributed by atoms with Crippen LogP contribution in [0.15, 0.2) is 126 Å². The van der Waals surface area contributed by atoms with Crippen molar-refractivity contribution in [2.75, 3.05) is 26.1 Å². The quantitative estimate of drug-likeness (QED) is 0.214. The van der Waals surface area contributed by atoms with E-state index in [1.54, 1.807) is 44.6 Å². The summed E-state index contributed by atoms with van der Waals surface area (Å²) in [6, 6.07) is 34.9. The second kappa shape index (κ2) is 13.4. The van der Waals surface area contributed by atoms with E-state index in [2.05, 4.69) is 10.3 Å². The molecule has 3 atom stereocenters. The number of aromatic nitrogens is 2. The lowest BCUT2D eigenvalue weighted by Gasteiger charge is -2.38. The Labute approximate surface area is 265 Å². The molecule has 1 aliphatic heterocycles. The predicted molar refractivity (Wildman–Crippen MR) is 171 cm³/mol. The number of aliphatic hydroxyl groups is 1. The molecule has 0 aliphatic carbocycles. The summed E-state index contributed by atoms with van der Waals surface area (Å²) in [5, 5.41) is 14.2. The van der Waals surface area contributed by atoms with Gasteiger partial charge in [0.05, 0.1) is 20.8 Å². The van der Waals surface area contributed by atoms with Crippen molar-refractivity contribution in [3.05, 3.63) is 154 Å². The smallest absolute Gasteiger partial charge is 0.351 e. The highest BCUT2D eigenvalue weighted by Crippen LogP contribution is 2.44. The Kier molecular flexibility index (Phi) is 8.93. The number of rotatable bonds is 10. The molecule has 1 saturated heterocycles. The van der Waals surface area contributed by atoms with Gasteiger partial charge in [-0.15, -0.1) is 0 Å². The number of anilines is 1. The van der Waals surface area contributed by atoms with E-state index < -0.39 is 35.6 Å². The minimum absolute atomic E-state index is 0.00827. The van der Waals surface area contributed by atoms with E-state index in [9.17, 15) is 14.7 Å². The van der Waals surface area contributed by atoms with Crippen LogP contribution in [0.2, 0.25) is 0 Å². The Morgan fingerprint density at radius 3 is 1.91 bits per heavy atom. The van der Waals surface area contributed by atoms with Crippen LogP contribution in [-0.4, -0.2) is 53.6 Å². The monoisotopic (exact) mass is 619 g/mol. The van der Waals surface area contributed by atoms with Crippen LogP contribution in [-0.2, 0) is 15.1 Å². The van der Waals surface area contributed by atoms with Crippen molar-refractivity contribution in [1.82, 2.24) is 9.55 Å². The lowest BCUT2D eigenvalue weighted by atomic mass is 9.79. The number of amides is 1. The third kappa shape index (κ3) is 6.01. The van der Waals surface area contributed by atoms with E-state index in [1.165, 1.54) is 16.8 Å². The molecule has 4 aromatic carbocycles. The molecule has 5 aromatic rings. The first kappa shape index (κ1) is 30.7. The number of hydrogen-bond donors (Lipinski definition) is 2. The first-order valence-electron chi connectivity index (χ1n) is 14.7. The maximum absolute atomic E-state index is 13.1. The van der Waals surface area contributed by atoms with E-state index in [1.807, 2.05) is 78.9 Å². The van der Waals surface area contributed by atoms with Crippen LogP contribution >= 0.6 is 0 Å². The van der Waals surface area contributed by atoms with Crippen molar-refractivity contribution in [1.29, 1.82) is 0 Å². The fourth-order valence-corrected chi connectivity index (χ4v) is 5.63. The standard InChI is InChI=1S/C36H33N3O7/c1-43-28-17-13-26(14-18-28)36(25-11-7-4-8-12-25,27-15-19-29(44-2)20-16-27)46-30-23-45-34(32(30)40)39-22-21-31(38-35(39)42)37-33(41)24-9-5-3-6-10-24/h3-22,30,32,34,40H,23H2,1-2H3,(H,37,38,41,42)/t30-,32+,34+/m1/s1. The van der Waals surface area contributed by atoms with Gasteiger partial charge in [0.2, 0.25) is 0 Å². The summed E-state index contributed by atoms with van der Waals surface area (Å²) < 4.78 is 25.0. The van der Waals surface area contributed by atoms with Crippen molar-refractivity contribution >= 4 is 11.7 Å². The maximum atomic E-state index is 13.1. The number of nitrogens with one attached hydrogen (secondary N) is 1. The zero-order valence-electron chi connectivity index (χ0n) is 25.3. The van der Waals surface area contributed by atoms with Gasteiger partial charge in [0.1, 0.15) is 35.1 Å². The molecule has 6 rings (SSSR count). The molecule has 0 saturated carbocycles. The topological polar surface area (TPSA) is 121 Å². The average Bonchev–Trinajstić information content (AvgIpc) is 3.46. The molecule has 2 heterocycles. The molecule has 1 aliphatic rings. The van der Waals surface area contributed by atoms with E-state index in [4.69, 9.17) is 18.9 Å². The third-order valence-corrected chi connectivity index (χ3v) is 7.99. The normalized spacial score (nSPS) is 17.8. The van der Waals surface area contributed by atoms with Gasteiger partial charge in [-0.3, -0.25) is 9.36 Å². The maximum Gasteiger partial charge on any atom is 0.351 e. The summed E-state index contributed by atoms with van der Waals surface area (Å²) >= 11 is 0. The lowest BCUT2D eigenvalue weighted by molar-refractivity contribution is -0.0904. The highest BCUT2D eigenvalue weighted by atomic mass is 16.6. The number of methoxy groups -OCH3 is 2. The zero-order valence-corrected chi connectivity index (χ0v) is 25.3. The third-order valence-electron chi connectivity index (χ3n) is 7.99. The van der Waals surface area contributed by atoms with Gasteiger partial charge in [0, 0.05) is 11.8 Å². The number of carbonyl (C=O) groups is 1. The average molecular weight is 620 g/mol. The molecule has 1 fully saturated rings. The van der Waals surface area contributed by atoms with Crippen LogP contribution < -0.4 is 20.5 Å². The van der Waals surface area contributed by atoms with Gasteiger partial charge in [0.25, 0.3) is 5.91 Å². The van der Waals surface area contributed by atoms with Crippen molar-refractivity contribution in [2.24, 2.45) is 0 Å². The predicted octanol–water partition coefficient (Wildman–Crippen LogP) is 4.78. The molecule has 2 N–H and O–H groups in total. The van der Waals surface area contributed by atoms with Crippen molar-refractivity contribution in [3.63, 3.8) is 0 Å². The zero-order chi connectivity index (χ0) is 32.1. The molecule has 0 spiro atoms. The lowest BCUT2D eigenvalue weighted by Crippen LogP contribution is -2.42. The van der Waals surface area contributed by atoms with Crippen LogP contribution in [0.1, 0.15) is 33.3 Å². The summed E-state index contributed by atoms with van der Waals surface area (Å²) in [7, 11) is 3.21. The van der Waals surface area contributed by atoms with Crippen molar-refractivity contribution < 1.29 is 28.8 Å². The Morgan fingerprint density at radius 2 is 1.37 bits per heavy atom. The summed E-state index contributed by atoms with van der Waals surface area (Å²) in [5.41, 5.74) is 0.931. The van der Waals surface area contributed by atoms with Crippen LogP contribution in [0.4, 0.5) is 5.82 Å². The van der Waals surface area contributed by atoms with Gasteiger partial charge < -0.3 is 29.4 Å². The van der Waals surface area contributed by atoms with Crippen LogP contribution in [0.3, 0.4) is 0 Å². The van der Waals surface area contributed by atoms with Gasteiger partial charge in [-0.25, -0.2) is 4.79 Å². The molecule has 10 heteroatoms. The molecule has 0 bridgehead atoms. The second-order valence-corrected chi connectivity index (χ2v) is 10.7.